The van der Waals surface area contributed by atoms with Crippen LogP contribution < -0.4 is 9.47 Å². The fourth-order valence-electron chi connectivity index (χ4n) is 2.36. The average Bonchev–Trinajstić information content (AvgIpc) is 3.17. The molecule has 0 radical (unpaired) electrons. The van der Waals surface area contributed by atoms with E-state index in [0.717, 1.165) is 15.2 Å². The Hall–Kier alpha value is -2.93. The van der Waals surface area contributed by atoms with Gasteiger partial charge in [-0.2, -0.15) is 0 Å². The van der Waals surface area contributed by atoms with Crippen molar-refractivity contribution in [2.75, 3.05) is 6.79 Å². The van der Waals surface area contributed by atoms with Crippen molar-refractivity contribution in [1.82, 2.24) is 4.98 Å². The molecule has 1 aliphatic rings. The highest BCUT2D eigenvalue weighted by atomic mass is 32.1. The van der Waals surface area contributed by atoms with Crippen LogP contribution in [-0.2, 0) is 0 Å². The minimum absolute atomic E-state index is 0.0217. The third-order valence-corrected chi connectivity index (χ3v) is 4.44. The molecule has 0 saturated heterocycles. The summed E-state index contributed by atoms with van der Waals surface area (Å²) in [6.07, 6.45) is 3.45. The number of benzene rings is 2. The van der Waals surface area contributed by atoms with Gasteiger partial charge in [0, 0.05) is 0 Å². The Morgan fingerprint density at radius 2 is 1.96 bits per heavy atom. The van der Waals surface area contributed by atoms with Gasteiger partial charge >= 0.3 is 0 Å². The Balaban J connectivity index is 1.74. The standard InChI is InChI=1S/C16H10N2O4S/c19-18(20)12-8-14-13(21-9-22-14)7-10(12)5-6-16-17-11-3-1-2-4-15(11)23-16/h1-8H,9H2/b6-5+. The molecule has 2 aromatic carbocycles. The number of thiazole rings is 1. The molecule has 0 unspecified atom stereocenters. The number of para-hydroxylation sites is 1. The smallest absolute Gasteiger partial charge is 0.280 e. The van der Waals surface area contributed by atoms with Crippen molar-refractivity contribution in [1.29, 1.82) is 0 Å². The van der Waals surface area contributed by atoms with Gasteiger partial charge in [-0.25, -0.2) is 4.98 Å². The van der Waals surface area contributed by atoms with Crippen molar-refractivity contribution < 1.29 is 14.4 Å². The molecule has 3 aromatic rings. The van der Waals surface area contributed by atoms with Crippen LogP contribution in [0.15, 0.2) is 36.4 Å². The largest absolute Gasteiger partial charge is 0.454 e. The molecule has 7 heteroatoms. The van der Waals surface area contributed by atoms with E-state index in [4.69, 9.17) is 9.47 Å². The summed E-state index contributed by atoms with van der Waals surface area (Å²) in [7, 11) is 0. The van der Waals surface area contributed by atoms with Gasteiger partial charge in [0.15, 0.2) is 11.5 Å². The van der Waals surface area contributed by atoms with Crippen molar-refractivity contribution >= 4 is 39.4 Å². The van der Waals surface area contributed by atoms with E-state index >= 15 is 0 Å². The Labute approximate surface area is 134 Å². The molecule has 0 atom stereocenters. The fourth-order valence-corrected chi connectivity index (χ4v) is 3.23. The fraction of sp³-hybridized carbons (Fsp3) is 0.0625. The van der Waals surface area contributed by atoms with Gasteiger partial charge in [-0.3, -0.25) is 10.1 Å². The quantitative estimate of drug-likeness (QED) is 0.535. The van der Waals surface area contributed by atoms with Crippen LogP contribution in [0.25, 0.3) is 22.4 Å². The minimum atomic E-state index is -0.431. The molecule has 2 heterocycles. The van der Waals surface area contributed by atoms with E-state index in [1.165, 1.54) is 17.4 Å². The molecule has 0 saturated carbocycles. The minimum Gasteiger partial charge on any atom is -0.454 e. The molecular weight excluding hydrogens is 316 g/mol. The van der Waals surface area contributed by atoms with Gasteiger partial charge in [-0.15, -0.1) is 11.3 Å². The van der Waals surface area contributed by atoms with Gasteiger partial charge in [-0.1, -0.05) is 12.1 Å². The van der Waals surface area contributed by atoms with Crippen LogP contribution >= 0.6 is 11.3 Å². The molecular formula is C16H10N2O4S. The lowest BCUT2D eigenvalue weighted by Gasteiger charge is -2.00. The van der Waals surface area contributed by atoms with E-state index in [-0.39, 0.29) is 12.5 Å². The second-order valence-corrected chi connectivity index (χ2v) is 5.94. The Bertz CT molecular complexity index is 915. The summed E-state index contributed by atoms with van der Waals surface area (Å²) in [6.45, 7) is 0.0809. The number of rotatable bonds is 3. The second kappa shape index (κ2) is 5.36. The molecule has 6 nitrogen and oxygen atoms in total. The highest BCUT2D eigenvalue weighted by Crippen LogP contribution is 2.38. The van der Waals surface area contributed by atoms with Crippen molar-refractivity contribution in [3.8, 4) is 11.5 Å². The zero-order valence-corrected chi connectivity index (χ0v) is 12.6. The van der Waals surface area contributed by atoms with Crippen LogP contribution in [0.4, 0.5) is 5.69 Å². The molecule has 0 amide bonds. The normalized spacial score (nSPS) is 13.0. The van der Waals surface area contributed by atoms with Gasteiger partial charge in [-0.05, 0) is 30.4 Å². The van der Waals surface area contributed by atoms with Gasteiger partial charge in [0.2, 0.25) is 6.79 Å². The summed E-state index contributed by atoms with van der Waals surface area (Å²) in [6, 6.07) is 10.8. The molecule has 0 aliphatic carbocycles. The molecule has 1 aliphatic heterocycles. The van der Waals surface area contributed by atoms with Crippen LogP contribution in [0.5, 0.6) is 11.5 Å². The number of nitro groups is 1. The molecule has 0 spiro atoms. The first-order chi connectivity index (χ1) is 11.2. The molecule has 23 heavy (non-hydrogen) atoms. The van der Waals surface area contributed by atoms with Crippen molar-refractivity contribution in [3.63, 3.8) is 0 Å². The zero-order valence-electron chi connectivity index (χ0n) is 11.8. The lowest BCUT2D eigenvalue weighted by Crippen LogP contribution is -1.93. The highest BCUT2D eigenvalue weighted by Gasteiger charge is 2.22. The van der Waals surface area contributed by atoms with Gasteiger partial charge in [0.05, 0.1) is 26.8 Å². The van der Waals surface area contributed by atoms with Crippen molar-refractivity contribution in [2.24, 2.45) is 0 Å². The Morgan fingerprint density at radius 3 is 2.74 bits per heavy atom. The van der Waals surface area contributed by atoms with Crippen LogP contribution in [0.3, 0.4) is 0 Å². The highest BCUT2D eigenvalue weighted by molar-refractivity contribution is 7.19. The molecule has 0 bridgehead atoms. The summed E-state index contributed by atoms with van der Waals surface area (Å²) in [5.41, 5.74) is 1.35. The molecule has 1 aromatic heterocycles. The lowest BCUT2D eigenvalue weighted by molar-refractivity contribution is -0.385. The maximum Gasteiger partial charge on any atom is 0.280 e. The number of hydrogen-bond acceptors (Lipinski definition) is 6. The summed E-state index contributed by atoms with van der Waals surface area (Å²) in [5, 5.41) is 12.0. The molecule has 4 rings (SSSR count). The van der Waals surface area contributed by atoms with E-state index in [1.54, 1.807) is 18.2 Å². The van der Waals surface area contributed by atoms with Gasteiger partial charge in [0.25, 0.3) is 5.69 Å². The lowest BCUT2D eigenvalue weighted by atomic mass is 10.1. The Morgan fingerprint density at radius 1 is 1.17 bits per heavy atom. The van der Waals surface area contributed by atoms with Gasteiger partial charge < -0.3 is 9.47 Å². The second-order valence-electron chi connectivity index (χ2n) is 4.87. The average molecular weight is 326 g/mol. The number of nitrogens with zero attached hydrogens (tertiary/aromatic N) is 2. The monoisotopic (exact) mass is 326 g/mol. The third kappa shape index (κ3) is 2.51. The SMILES string of the molecule is O=[N+]([O-])c1cc2c(cc1/C=C/c1nc3ccccc3s1)OCO2. The molecule has 0 fully saturated rings. The first-order valence-corrected chi connectivity index (χ1v) is 7.64. The number of fused-ring (bicyclic) bond motifs is 2. The topological polar surface area (TPSA) is 74.5 Å². The van der Waals surface area contributed by atoms with E-state index in [9.17, 15) is 10.1 Å². The van der Waals surface area contributed by atoms with Crippen molar-refractivity contribution in [3.05, 3.63) is 57.1 Å². The predicted molar refractivity (Wildman–Crippen MR) is 87.8 cm³/mol. The van der Waals surface area contributed by atoms with Crippen molar-refractivity contribution in [2.45, 2.75) is 0 Å². The van der Waals surface area contributed by atoms with Crippen LogP contribution in [-0.4, -0.2) is 16.7 Å². The maximum absolute atomic E-state index is 11.2. The third-order valence-electron chi connectivity index (χ3n) is 3.43. The number of aromatic nitrogens is 1. The zero-order chi connectivity index (χ0) is 15.8. The predicted octanol–water partition coefficient (Wildman–Crippen LogP) is 4.10. The first kappa shape index (κ1) is 13.7. The van der Waals surface area contributed by atoms with Crippen LogP contribution in [0.1, 0.15) is 10.6 Å². The molecule has 0 N–H and O–H groups in total. The van der Waals surface area contributed by atoms with E-state index in [2.05, 4.69) is 4.98 Å². The number of hydrogen-bond donors (Lipinski definition) is 0. The number of ether oxygens (including phenoxy) is 2. The number of nitro benzene ring substituents is 1. The maximum atomic E-state index is 11.2. The van der Waals surface area contributed by atoms with Crippen LogP contribution in [0.2, 0.25) is 0 Å². The molecule has 114 valence electrons. The Kier molecular flexibility index (Phi) is 3.20. The van der Waals surface area contributed by atoms with E-state index in [1.807, 2.05) is 24.3 Å². The van der Waals surface area contributed by atoms with E-state index in [0.29, 0.717) is 17.1 Å². The summed E-state index contributed by atoms with van der Waals surface area (Å²) >= 11 is 1.53. The first-order valence-electron chi connectivity index (χ1n) is 6.82. The summed E-state index contributed by atoms with van der Waals surface area (Å²) < 4.78 is 11.5. The summed E-state index contributed by atoms with van der Waals surface area (Å²) in [4.78, 5) is 15.3. The van der Waals surface area contributed by atoms with Gasteiger partial charge in [0.1, 0.15) is 5.01 Å². The van der Waals surface area contributed by atoms with E-state index < -0.39 is 4.92 Å². The van der Waals surface area contributed by atoms with Crippen LogP contribution in [0, 0.1) is 10.1 Å². The summed E-state index contributed by atoms with van der Waals surface area (Å²) in [5.74, 6) is 0.911.